The highest BCUT2D eigenvalue weighted by Gasteiger charge is 2.31. The van der Waals surface area contributed by atoms with Crippen molar-refractivity contribution in [2.24, 2.45) is 0 Å². The van der Waals surface area contributed by atoms with Crippen LogP contribution in [0.1, 0.15) is 70.1 Å². The van der Waals surface area contributed by atoms with Crippen LogP contribution >= 0.6 is 0 Å². The summed E-state index contributed by atoms with van der Waals surface area (Å²) in [6.07, 6.45) is 9.97. The molecule has 1 N–H and O–H groups in total. The van der Waals surface area contributed by atoms with E-state index in [0.29, 0.717) is 12.0 Å². The molecule has 0 aromatic carbocycles. The zero-order valence-electron chi connectivity index (χ0n) is 13.2. The summed E-state index contributed by atoms with van der Waals surface area (Å²) in [7, 11) is 0. The Morgan fingerprint density at radius 1 is 1.14 bits per heavy atom. The SMILES string of the molecule is CCCNC1CCCCC1c1nc(N2CCCCC2)no1. The van der Waals surface area contributed by atoms with Crippen LogP contribution in [0.5, 0.6) is 0 Å². The van der Waals surface area contributed by atoms with Crippen LogP contribution in [-0.2, 0) is 0 Å². The van der Waals surface area contributed by atoms with E-state index in [-0.39, 0.29) is 0 Å². The summed E-state index contributed by atoms with van der Waals surface area (Å²) in [6, 6.07) is 0.508. The van der Waals surface area contributed by atoms with E-state index < -0.39 is 0 Å². The fraction of sp³-hybridized carbons (Fsp3) is 0.875. The van der Waals surface area contributed by atoms with Gasteiger partial charge in [0, 0.05) is 19.1 Å². The van der Waals surface area contributed by atoms with Gasteiger partial charge in [-0.3, -0.25) is 0 Å². The second kappa shape index (κ2) is 7.25. The van der Waals surface area contributed by atoms with E-state index in [2.05, 4.69) is 22.3 Å². The molecule has 21 heavy (non-hydrogen) atoms. The molecule has 1 saturated carbocycles. The highest BCUT2D eigenvalue weighted by molar-refractivity contribution is 5.28. The Balaban J connectivity index is 1.67. The summed E-state index contributed by atoms with van der Waals surface area (Å²) >= 11 is 0. The fourth-order valence-electron chi connectivity index (χ4n) is 3.60. The highest BCUT2D eigenvalue weighted by Crippen LogP contribution is 2.33. The van der Waals surface area contributed by atoms with Crippen LogP contribution in [0.3, 0.4) is 0 Å². The Bertz CT molecular complexity index is 428. The Labute approximate surface area is 127 Å². The van der Waals surface area contributed by atoms with Gasteiger partial charge in [-0.15, -0.1) is 0 Å². The lowest BCUT2D eigenvalue weighted by atomic mass is 9.84. The molecule has 2 aliphatic rings. The van der Waals surface area contributed by atoms with E-state index in [4.69, 9.17) is 9.51 Å². The number of nitrogens with zero attached hydrogens (tertiary/aromatic N) is 3. The van der Waals surface area contributed by atoms with Gasteiger partial charge >= 0.3 is 0 Å². The van der Waals surface area contributed by atoms with Gasteiger partial charge < -0.3 is 14.7 Å². The summed E-state index contributed by atoms with van der Waals surface area (Å²) < 4.78 is 5.62. The number of anilines is 1. The summed E-state index contributed by atoms with van der Waals surface area (Å²) in [4.78, 5) is 7.00. The average molecular weight is 292 g/mol. The molecule has 1 aliphatic carbocycles. The molecule has 5 heteroatoms. The van der Waals surface area contributed by atoms with Crippen LogP contribution in [0, 0.1) is 0 Å². The number of hydrogen-bond acceptors (Lipinski definition) is 5. The van der Waals surface area contributed by atoms with Crippen LogP contribution in [0.2, 0.25) is 0 Å². The third-order valence-electron chi connectivity index (χ3n) is 4.81. The monoisotopic (exact) mass is 292 g/mol. The maximum atomic E-state index is 5.62. The Kier molecular flexibility index (Phi) is 5.12. The van der Waals surface area contributed by atoms with E-state index in [0.717, 1.165) is 31.5 Å². The molecule has 1 aromatic rings. The topological polar surface area (TPSA) is 54.2 Å². The standard InChI is InChI=1S/C16H28N4O/c1-2-10-17-14-9-5-4-8-13(14)15-18-16(19-21-15)20-11-6-3-7-12-20/h13-14,17H,2-12H2,1H3. The maximum Gasteiger partial charge on any atom is 0.266 e. The van der Waals surface area contributed by atoms with Crippen molar-refractivity contribution in [2.45, 2.75) is 70.3 Å². The van der Waals surface area contributed by atoms with Crippen molar-refractivity contribution in [1.82, 2.24) is 15.5 Å². The summed E-state index contributed by atoms with van der Waals surface area (Å²) in [5.74, 6) is 2.06. The lowest BCUT2D eigenvalue weighted by molar-refractivity contribution is 0.262. The van der Waals surface area contributed by atoms with Gasteiger partial charge in [0.1, 0.15) is 0 Å². The first-order valence-corrected chi connectivity index (χ1v) is 8.70. The highest BCUT2D eigenvalue weighted by atomic mass is 16.5. The van der Waals surface area contributed by atoms with Crippen molar-refractivity contribution >= 4 is 5.95 Å². The molecule has 2 fully saturated rings. The van der Waals surface area contributed by atoms with Crippen LogP contribution < -0.4 is 10.2 Å². The van der Waals surface area contributed by atoms with Gasteiger partial charge in [0.05, 0.1) is 5.92 Å². The number of piperidine rings is 1. The first-order chi connectivity index (χ1) is 10.4. The molecule has 2 heterocycles. The smallest absolute Gasteiger partial charge is 0.266 e. The van der Waals surface area contributed by atoms with Crippen molar-refractivity contribution in [2.75, 3.05) is 24.5 Å². The van der Waals surface area contributed by atoms with E-state index in [1.54, 1.807) is 0 Å². The molecule has 1 saturated heterocycles. The molecule has 3 rings (SSSR count). The molecule has 0 amide bonds. The first-order valence-electron chi connectivity index (χ1n) is 8.70. The van der Waals surface area contributed by atoms with Crippen LogP contribution in [-0.4, -0.2) is 35.8 Å². The van der Waals surface area contributed by atoms with E-state index in [1.165, 1.54) is 51.4 Å². The van der Waals surface area contributed by atoms with Gasteiger partial charge in [0.25, 0.3) is 5.95 Å². The third-order valence-corrected chi connectivity index (χ3v) is 4.81. The van der Waals surface area contributed by atoms with Crippen molar-refractivity contribution in [1.29, 1.82) is 0 Å². The zero-order chi connectivity index (χ0) is 14.5. The van der Waals surface area contributed by atoms with Crippen LogP contribution in [0.4, 0.5) is 5.95 Å². The minimum Gasteiger partial charge on any atom is -0.338 e. The van der Waals surface area contributed by atoms with E-state index >= 15 is 0 Å². The average Bonchev–Trinajstić information content (AvgIpc) is 3.04. The summed E-state index contributed by atoms with van der Waals surface area (Å²) in [5, 5.41) is 7.91. The Hall–Kier alpha value is -1.10. The number of hydrogen-bond donors (Lipinski definition) is 1. The minimum absolute atomic E-state index is 0.399. The van der Waals surface area contributed by atoms with Crippen molar-refractivity contribution in [3.63, 3.8) is 0 Å². The van der Waals surface area contributed by atoms with Gasteiger partial charge in [-0.05, 0) is 50.2 Å². The van der Waals surface area contributed by atoms with Crippen LogP contribution in [0.15, 0.2) is 4.52 Å². The van der Waals surface area contributed by atoms with Gasteiger partial charge in [-0.2, -0.15) is 4.98 Å². The van der Waals surface area contributed by atoms with E-state index in [9.17, 15) is 0 Å². The first kappa shape index (κ1) is 14.8. The molecule has 5 nitrogen and oxygen atoms in total. The molecular weight excluding hydrogens is 264 g/mol. The second-order valence-electron chi connectivity index (χ2n) is 6.43. The molecule has 1 aliphatic heterocycles. The molecule has 2 atom stereocenters. The number of nitrogens with one attached hydrogen (secondary N) is 1. The predicted octanol–water partition coefficient (Wildman–Crippen LogP) is 3.09. The molecule has 0 spiro atoms. The molecule has 0 bridgehead atoms. The lowest BCUT2D eigenvalue weighted by Gasteiger charge is -2.29. The van der Waals surface area contributed by atoms with Gasteiger partial charge in [0.2, 0.25) is 5.89 Å². The lowest BCUT2D eigenvalue weighted by Crippen LogP contribution is -2.37. The maximum absolute atomic E-state index is 5.62. The van der Waals surface area contributed by atoms with Crippen LogP contribution in [0.25, 0.3) is 0 Å². The Morgan fingerprint density at radius 3 is 2.76 bits per heavy atom. The zero-order valence-corrected chi connectivity index (χ0v) is 13.2. The van der Waals surface area contributed by atoms with Crippen molar-refractivity contribution in [3.05, 3.63) is 5.89 Å². The molecule has 2 unspecified atom stereocenters. The van der Waals surface area contributed by atoms with E-state index in [1.807, 2.05) is 0 Å². The van der Waals surface area contributed by atoms with Crippen molar-refractivity contribution in [3.8, 4) is 0 Å². The number of rotatable bonds is 5. The van der Waals surface area contributed by atoms with Gasteiger partial charge in [0.15, 0.2) is 0 Å². The summed E-state index contributed by atoms with van der Waals surface area (Å²) in [6.45, 7) is 5.43. The third kappa shape index (κ3) is 3.57. The van der Waals surface area contributed by atoms with Gasteiger partial charge in [-0.25, -0.2) is 0 Å². The fourth-order valence-corrected chi connectivity index (χ4v) is 3.60. The molecular formula is C16H28N4O. The predicted molar refractivity (Wildman–Crippen MR) is 83.7 cm³/mol. The largest absolute Gasteiger partial charge is 0.338 e. The number of aromatic nitrogens is 2. The molecule has 118 valence electrons. The second-order valence-corrected chi connectivity index (χ2v) is 6.43. The molecule has 1 aromatic heterocycles. The Morgan fingerprint density at radius 2 is 1.95 bits per heavy atom. The molecule has 0 radical (unpaired) electrons. The summed E-state index contributed by atoms with van der Waals surface area (Å²) in [5.41, 5.74) is 0. The minimum atomic E-state index is 0.399. The van der Waals surface area contributed by atoms with Gasteiger partial charge in [-0.1, -0.05) is 19.8 Å². The van der Waals surface area contributed by atoms with Crippen molar-refractivity contribution < 1.29 is 4.52 Å². The quantitative estimate of drug-likeness (QED) is 0.904. The normalized spacial score (nSPS) is 27.0.